The van der Waals surface area contributed by atoms with E-state index in [1.54, 1.807) is 34.8 Å². The number of thiophene rings is 2. The van der Waals surface area contributed by atoms with E-state index in [1.165, 1.54) is 0 Å². The minimum Gasteiger partial charge on any atom is -0.306 e. The third-order valence-corrected chi connectivity index (χ3v) is 20.8. The normalized spacial score (nSPS) is 14.4. The van der Waals surface area contributed by atoms with Crippen LogP contribution in [0.1, 0.15) is 26.1 Å². The van der Waals surface area contributed by atoms with Crippen LogP contribution in [0.3, 0.4) is 0 Å². The lowest BCUT2D eigenvalue weighted by molar-refractivity contribution is 1.04. The molecule has 6 heterocycles. The van der Waals surface area contributed by atoms with E-state index in [4.69, 9.17) is 8.22 Å². The maximum atomic E-state index is 13.5. The molecular formula is C85H49N5S2. The van der Waals surface area contributed by atoms with Crippen LogP contribution in [0.5, 0.6) is 0 Å². The fraction of sp³-hybridized carbons (Fsp3) is 0. The standard InChI is InChI=1S/C85H49N5S2/c86-50-66-80(87-67-34-16-10-28-56(67)57-29-11-17-35-68(57)87)82(89-71-44-40-54(51-22-4-1-5-23-51)48-64(71)78-73(89)46-42-62-60-32-14-20-38-75(60)91-84(62)78)77(53-26-8-3-9-27-53)83(81(66)88-69-36-18-12-30-58(69)59-31-13-19-37-70(59)88)90-72-45-41-55(52-24-6-2-7-25-52)49-65(72)79-74(90)47-43-63-61-33-15-21-39-76(61)92-85(63)79/h1-49H/i1D,2D,3D,4D,5D,6D,7D,8D,9D,22D,23D,24D,25D,26D,27D. The summed E-state index contributed by atoms with van der Waals surface area (Å²) in [6.45, 7) is 0. The van der Waals surface area contributed by atoms with E-state index >= 15 is 0 Å². The van der Waals surface area contributed by atoms with Gasteiger partial charge in [0, 0.05) is 89.0 Å². The number of aromatic nitrogens is 4. The van der Waals surface area contributed by atoms with Gasteiger partial charge in [-0.2, -0.15) is 5.26 Å². The monoisotopic (exact) mass is 1220 g/mol. The van der Waals surface area contributed by atoms with Crippen molar-refractivity contribution in [1.29, 1.82) is 5.26 Å². The molecule has 0 saturated carbocycles. The number of nitriles is 1. The number of nitrogens with zero attached hydrogens (tertiary/aromatic N) is 5. The Morgan fingerprint density at radius 3 is 1.00 bits per heavy atom. The molecule has 0 aliphatic heterocycles. The Bertz CT molecular complexity index is 6960. The van der Waals surface area contributed by atoms with E-state index < -0.39 is 90.6 Å². The molecule has 0 fully saturated rings. The van der Waals surface area contributed by atoms with Gasteiger partial charge in [0.1, 0.15) is 11.6 Å². The van der Waals surface area contributed by atoms with Crippen LogP contribution in [0, 0.1) is 11.3 Å². The van der Waals surface area contributed by atoms with Crippen LogP contribution in [0.2, 0.25) is 0 Å². The molecule has 5 nitrogen and oxygen atoms in total. The third kappa shape index (κ3) is 7.10. The van der Waals surface area contributed by atoms with Gasteiger partial charge in [-0.05, 0) is 101 Å². The van der Waals surface area contributed by atoms with E-state index in [0.29, 0.717) is 76.8 Å². The lowest BCUT2D eigenvalue weighted by atomic mass is 9.93. The van der Waals surface area contributed by atoms with E-state index in [-0.39, 0.29) is 50.6 Å². The molecule has 14 aromatic carbocycles. The Kier molecular flexibility index (Phi) is 8.22. The average molecular weight is 1220 g/mol. The van der Waals surface area contributed by atoms with Crippen LogP contribution >= 0.6 is 22.7 Å². The first kappa shape index (κ1) is 38.6. The van der Waals surface area contributed by atoms with Gasteiger partial charge in [0.15, 0.2) is 0 Å². The summed E-state index contributed by atoms with van der Waals surface area (Å²) >= 11 is 3.09. The topological polar surface area (TPSA) is 43.5 Å². The molecule has 0 radical (unpaired) electrons. The fourth-order valence-electron chi connectivity index (χ4n) is 14.8. The van der Waals surface area contributed by atoms with Crippen molar-refractivity contribution in [2.45, 2.75) is 0 Å². The average Bonchev–Trinajstić information content (AvgIpc) is 1.56. The first-order valence-electron chi connectivity index (χ1n) is 37.5. The van der Waals surface area contributed by atoms with Gasteiger partial charge in [-0.15, -0.1) is 22.7 Å². The van der Waals surface area contributed by atoms with Crippen molar-refractivity contribution in [2.75, 3.05) is 0 Å². The molecule has 0 aliphatic carbocycles. The summed E-state index contributed by atoms with van der Waals surface area (Å²) in [5.41, 5.74) is 5.93. The van der Waals surface area contributed by atoms with E-state index in [9.17, 15) is 17.6 Å². The molecule has 0 unspecified atom stereocenters. The molecular weight excluding hydrogens is 1160 g/mol. The first-order chi connectivity index (χ1) is 51.9. The number of benzene rings is 14. The largest absolute Gasteiger partial charge is 0.306 e. The molecule has 0 spiro atoms. The summed E-state index contributed by atoms with van der Waals surface area (Å²) < 4.78 is 153. The number of rotatable bonds is 7. The summed E-state index contributed by atoms with van der Waals surface area (Å²) in [5.74, 6) is 0. The van der Waals surface area contributed by atoms with Crippen LogP contribution in [0.15, 0.2) is 297 Å². The Hall–Kier alpha value is -11.8. The summed E-state index contributed by atoms with van der Waals surface area (Å²) in [5, 5.41) is 22.9. The summed E-state index contributed by atoms with van der Waals surface area (Å²) in [4.78, 5) is 0. The summed E-state index contributed by atoms with van der Waals surface area (Å²) in [6, 6.07) is 61.4. The Balaban J connectivity index is 1.11. The van der Waals surface area contributed by atoms with Crippen molar-refractivity contribution in [3.05, 3.63) is 302 Å². The number of para-hydroxylation sites is 4. The third-order valence-electron chi connectivity index (χ3n) is 18.4. The fourth-order valence-corrected chi connectivity index (χ4v) is 17.3. The second kappa shape index (κ2) is 19.6. The molecule has 0 N–H and O–H groups in total. The minimum absolute atomic E-state index is 0.0356. The van der Waals surface area contributed by atoms with Gasteiger partial charge in [-0.1, -0.05) is 224 Å². The maximum absolute atomic E-state index is 13.5. The van der Waals surface area contributed by atoms with E-state index in [2.05, 4.69) is 18.2 Å². The highest BCUT2D eigenvalue weighted by Crippen LogP contribution is 2.55. The molecule has 92 heavy (non-hydrogen) atoms. The molecule has 0 atom stereocenters. The second-order valence-corrected chi connectivity index (χ2v) is 25.1. The number of hydrogen-bond donors (Lipinski definition) is 0. The van der Waals surface area contributed by atoms with Crippen molar-refractivity contribution in [3.8, 4) is 62.2 Å². The van der Waals surface area contributed by atoms with Crippen LogP contribution < -0.4 is 0 Å². The smallest absolute Gasteiger partial charge is 0.104 e. The van der Waals surface area contributed by atoms with E-state index in [0.717, 1.165) is 61.9 Å². The predicted octanol–water partition coefficient (Wildman–Crippen LogP) is 23.7. The predicted molar refractivity (Wildman–Crippen MR) is 391 cm³/mol. The zero-order valence-electron chi connectivity index (χ0n) is 63.2. The van der Waals surface area contributed by atoms with Crippen molar-refractivity contribution >= 4 is 150 Å². The Morgan fingerprint density at radius 1 is 0.283 bits per heavy atom. The molecule has 7 heteroatoms. The Labute approximate surface area is 556 Å². The van der Waals surface area contributed by atoms with Gasteiger partial charge >= 0.3 is 0 Å². The highest BCUT2D eigenvalue weighted by Gasteiger charge is 2.36. The van der Waals surface area contributed by atoms with Crippen molar-refractivity contribution in [2.24, 2.45) is 0 Å². The SMILES string of the molecule is [2H]c1c([2H])c([2H])c(-c2ccc3c(c2)c2c4sc5ccccc5c4ccc2n3-c2c(-c3c([2H])c([2H])c([2H])c([2H])c3[2H])c(-n3c4ccc(-c5c([2H])c([2H])c([2H])c([2H])c5[2H])cc4c4c5sc6ccccc6c5ccc43)c(-n3c4ccccc4c4ccccc43)c(C#N)c2-n2c3ccccc3c3ccccc32)c([2H])c1[2H]. The molecule has 0 saturated heterocycles. The lowest BCUT2D eigenvalue weighted by Gasteiger charge is -2.29. The van der Waals surface area contributed by atoms with Gasteiger partial charge in [-0.3, -0.25) is 0 Å². The van der Waals surface area contributed by atoms with Gasteiger partial charge < -0.3 is 18.3 Å². The zero-order valence-corrected chi connectivity index (χ0v) is 49.8. The lowest BCUT2D eigenvalue weighted by Crippen LogP contribution is -2.16. The second-order valence-electron chi connectivity index (χ2n) is 23.0. The molecule has 0 aliphatic rings. The number of hydrogen-bond acceptors (Lipinski definition) is 3. The zero-order chi connectivity index (χ0) is 73.3. The molecule has 0 bridgehead atoms. The van der Waals surface area contributed by atoms with Crippen LogP contribution in [-0.4, -0.2) is 18.3 Å². The van der Waals surface area contributed by atoms with Gasteiger partial charge in [0.05, 0.1) is 87.4 Å². The molecule has 20 rings (SSSR count). The van der Waals surface area contributed by atoms with Crippen LogP contribution in [0.25, 0.3) is 184 Å². The van der Waals surface area contributed by atoms with Crippen molar-refractivity contribution < 1.29 is 20.6 Å². The van der Waals surface area contributed by atoms with Gasteiger partial charge in [0.2, 0.25) is 0 Å². The quantitative estimate of drug-likeness (QED) is 0.157. The number of fused-ring (bicyclic) bond motifs is 20. The summed E-state index contributed by atoms with van der Waals surface area (Å²) in [7, 11) is 0. The van der Waals surface area contributed by atoms with E-state index in [1.807, 2.05) is 200 Å². The first-order valence-corrected chi connectivity index (χ1v) is 31.6. The Morgan fingerprint density at radius 2 is 0.609 bits per heavy atom. The van der Waals surface area contributed by atoms with Crippen LogP contribution in [0.4, 0.5) is 0 Å². The van der Waals surface area contributed by atoms with Crippen LogP contribution in [-0.2, 0) is 0 Å². The van der Waals surface area contributed by atoms with Gasteiger partial charge in [-0.25, -0.2) is 0 Å². The molecule has 6 aromatic heterocycles. The van der Waals surface area contributed by atoms with Crippen molar-refractivity contribution in [1.82, 2.24) is 18.3 Å². The van der Waals surface area contributed by atoms with Gasteiger partial charge in [0.25, 0.3) is 0 Å². The molecule has 426 valence electrons. The highest BCUT2D eigenvalue weighted by atomic mass is 32.1. The minimum atomic E-state index is -0.654. The molecule has 0 amide bonds. The highest BCUT2D eigenvalue weighted by molar-refractivity contribution is 7.27. The van der Waals surface area contributed by atoms with Crippen molar-refractivity contribution in [3.63, 3.8) is 0 Å². The molecule has 20 aromatic rings. The summed E-state index contributed by atoms with van der Waals surface area (Å²) in [6.07, 6.45) is 0. The maximum Gasteiger partial charge on any atom is 0.104 e.